The first-order chi connectivity index (χ1) is 13.9. The van der Waals surface area contributed by atoms with Crippen molar-refractivity contribution >= 4 is 17.8 Å². The first-order valence-corrected chi connectivity index (χ1v) is 10.4. The molecule has 8 nitrogen and oxygen atoms in total. The standard InChI is InChI=1S/C21H31N5O3/c1-4-10-24-14-19(27)25-17(11-15(2)3)20(28)22-13-18(25)26(24)21(29)23-12-16-8-6-5-7-9-16/h5-9,15,17-18H,4,10-14H2,1-3H3,(H,22,28)(H,23,29)/t17-,18-/m0/s1. The van der Waals surface area contributed by atoms with Gasteiger partial charge in [0.1, 0.15) is 12.2 Å². The van der Waals surface area contributed by atoms with Crippen molar-refractivity contribution in [3.63, 3.8) is 0 Å². The third-order valence-electron chi connectivity index (χ3n) is 5.28. The van der Waals surface area contributed by atoms with Crippen LogP contribution in [0.2, 0.25) is 0 Å². The topological polar surface area (TPSA) is 85.0 Å². The Morgan fingerprint density at radius 3 is 2.62 bits per heavy atom. The highest BCUT2D eigenvalue weighted by atomic mass is 16.2. The number of benzene rings is 1. The molecule has 1 aromatic rings. The lowest BCUT2D eigenvalue weighted by Crippen LogP contribution is -2.76. The van der Waals surface area contributed by atoms with Crippen molar-refractivity contribution in [1.82, 2.24) is 25.6 Å². The Labute approximate surface area is 172 Å². The summed E-state index contributed by atoms with van der Waals surface area (Å²) in [7, 11) is 0. The number of urea groups is 1. The van der Waals surface area contributed by atoms with Gasteiger partial charge >= 0.3 is 6.03 Å². The molecule has 0 unspecified atom stereocenters. The minimum atomic E-state index is -0.547. The van der Waals surface area contributed by atoms with Crippen LogP contribution in [0.3, 0.4) is 0 Å². The van der Waals surface area contributed by atoms with Crippen molar-refractivity contribution < 1.29 is 14.4 Å². The molecular weight excluding hydrogens is 370 g/mol. The second-order valence-corrected chi connectivity index (χ2v) is 8.05. The molecule has 2 aliphatic rings. The van der Waals surface area contributed by atoms with Gasteiger partial charge in [0.05, 0.1) is 13.1 Å². The molecule has 0 radical (unpaired) electrons. The van der Waals surface area contributed by atoms with Gasteiger partial charge in [0.2, 0.25) is 11.8 Å². The van der Waals surface area contributed by atoms with Gasteiger partial charge in [-0.1, -0.05) is 51.1 Å². The van der Waals surface area contributed by atoms with E-state index in [0.29, 0.717) is 19.5 Å². The quantitative estimate of drug-likeness (QED) is 0.757. The molecule has 29 heavy (non-hydrogen) atoms. The van der Waals surface area contributed by atoms with Crippen LogP contribution in [-0.4, -0.2) is 64.6 Å². The smallest absolute Gasteiger partial charge is 0.334 e. The fraction of sp³-hybridized carbons (Fsp3) is 0.571. The zero-order chi connectivity index (χ0) is 21.0. The van der Waals surface area contributed by atoms with Crippen molar-refractivity contribution in [1.29, 1.82) is 0 Å². The summed E-state index contributed by atoms with van der Waals surface area (Å²) in [6.45, 7) is 7.40. The Hall–Kier alpha value is -2.61. The minimum Gasteiger partial charge on any atom is -0.350 e. The van der Waals surface area contributed by atoms with Crippen molar-refractivity contribution in [3.05, 3.63) is 35.9 Å². The molecule has 0 aliphatic carbocycles. The number of carbonyl (C=O) groups is 3. The van der Waals surface area contributed by atoms with Crippen LogP contribution in [0.1, 0.15) is 39.2 Å². The summed E-state index contributed by atoms with van der Waals surface area (Å²) >= 11 is 0. The highest BCUT2D eigenvalue weighted by Crippen LogP contribution is 2.26. The van der Waals surface area contributed by atoms with E-state index in [-0.39, 0.29) is 36.9 Å². The fourth-order valence-corrected chi connectivity index (χ4v) is 4.02. The highest BCUT2D eigenvalue weighted by molar-refractivity contribution is 5.91. The van der Waals surface area contributed by atoms with E-state index in [1.54, 1.807) is 14.9 Å². The number of carbonyl (C=O) groups excluding carboxylic acids is 3. The molecule has 158 valence electrons. The van der Waals surface area contributed by atoms with Gasteiger partial charge in [0.25, 0.3) is 0 Å². The van der Waals surface area contributed by atoms with Crippen LogP contribution < -0.4 is 10.6 Å². The van der Waals surface area contributed by atoms with E-state index in [2.05, 4.69) is 10.6 Å². The van der Waals surface area contributed by atoms with Crippen LogP contribution in [-0.2, 0) is 16.1 Å². The predicted octanol–water partition coefficient (Wildman–Crippen LogP) is 1.54. The first kappa shape index (κ1) is 21.1. The third-order valence-corrected chi connectivity index (χ3v) is 5.28. The lowest BCUT2D eigenvalue weighted by Gasteiger charge is -2.53. The number of hydrogen-bond acceptors (Lipinski definition) is 4. The second-order valence-electron chi connectivity index (χ2n) is 8.05. The molecule has 2 saturated heterocycles. The maximum atomic E-state index is 13.2. The van der Waals surface area contributed by atoms with Gasteiger partial charge in [0.15, 0.2) is 0 Å². The minimum absolute atomic E-state index is 0.101. The summed E-state index contributed by atoms with van der Waals surface area (Å²) < 4.78 is 0. The van der Waals surface area contributed by atoms with E-state index >= 15 is 0 Å². The first-order valence-electron chi connectivity index (χ1n) is 10.4. The predicted molar refractivity (Wildman–Crippen MR) is 109 cm³/mol. The zero-order valence-electron chi connectivity index (χ0n) is 17.4. The van der Waals surface area contributed by atoms with Crippen molar-refractivity contribution in [2.45, 2.75) is 52.4 Å². The SMILES string of the molecule is CCCN1CC(=O)N2[C@@H](CC(C)C)C(=O)NC[C@@H]2N1C(=O)NCc1ccccc1. The summed E-state index contributed by atoms with van der Waals surface area (Å²) in [6, 6.07) is 8.89. The molecule has 2 aliphatic heterocycles. The molecule has 2 heterocycles. The second kappa shape index (κ2) is 9.26. The van der Waals surface area contributed by atoms with Crippen LogP contribution in [0.4, 0.5) is 4.79 Å². The van der Waals surface area contributed by atoms with Gasteiger partial charge in [-0.05, 0) is 24.3 Å². The Bertz CT molecular complexity index is 739. The molecule has 0 bridgehead atoms. The lowest BCUT2D eigenvalue weighted by molar-refractivity contribution is -0.181. The van der Waals surface area contributed by atoms with Gasteiger partial charge < -0.3 is 15.5 Å². The maximum Gasteiger partial charge on any atom is 0.334 e. The van der Waals surface area contributed by atoms with Gasteiger partial charge in [-0.15, -0.1) is 0 Å². The van der Waals surface area contributed by atoms with Gasteiger partial charge in [-0.3, -0.25) is 9.59 Å². The summed E-state index contributed by atoms with van der Waals surface area (Å²) in [5, 5.41) is 9.29. The average molecular weight is 402 g/mol. The molecule has 2 fully saturated rings. The summed E-state index contributed by atoms with van der Waals surface area (Å²) in [4.78, 5) is 40.2. The highest BCUT2D eigenvalue weighted by Gasteiger charge is 2.48. The molecule has 0 aromatic heterocycles. The number of piperazine rings is 1. The number of fused-ring (bicyclic) bond motifs is 1. The molecule has 3 rings (SSSR count). The van der Waals surface area contributed by atoms with Crippen molar-refractivity contribution in [3.8, 4) is 0 Å². The number of rotatable bonds is 6. The van der Waals surface area contributed by atoms with Crippen LogP contribution in [0.5, 0.6) is 0 Å². The van der Waals surface area contributed by atoms with Crippen molar-refractivity contribution in [2.24, 2.45) is 5.92 Å². The fourth-order valence-electron chi connectivity index (χ4n) is 4.02. The largest absolute Gasteiger partial charge is 0.350 e. The number of nitrogens with one attached hydrogen (secondary N) is 2. The molecule has 1 aromatic carbocycles. The van der Waals surface area contributed by atoms with E-state index in [1.807, 2.05) is 51.1 Å². The Balaban J connectivity index is 1.82. The number of amides is 4. The normalized spacial score (nSPS) is 22.5. The average Bonchev–Trinajstić information content (AvgIpc) is 2.69. The van der Waals surface area contributed by atoms with E-state index in [1.165, 1.54) is 0 Å². The maximum absolute atomic E-state index is 13.2. The summed E-state index contributed by atoms with van der Waals surface area (Å²) in [5.41, 5.74) is 1.00. The molecule has 2 N–H and O–H groups in total. The summed E-state index contributed by atoms with van der Waals surface area (Å²) in [5.74, 6) is 0.0132. The van der Waals surface area contributed by atoms with Crippen LogP contribution in [0.15, 0.2) is 30.3 Å². The van der Waals surface area contributed by atoms with E-state index < -0.39 is 12.2 Å². The zero-order valence-corrected chi connectivity index (χ0v) is 17.4. The van der Waals surface area contributed by atoms with Crippen LogP contribution in [0, 0.1) is 5.92 Å². The molecule has 8 heteroatoms. The number of hydrogen-bond donors (Lipinski definition) is 2. The Morgan fingerprint density at radius 2 is 1.97 bits per heavy atom. The van der Waals surface area contributed by atoms with E-state index in [9.17, 15) is 14.4 Å². The molecule has 0 spiro atoms. The number of hydrazine groups is 1. The molecule has 0 saturated carbocycles. The van der Waals surface area contributed by atoms with Crippen LogP contribution in [0.25, 0.3) is 0 Å². The van der Waals surface area contributed by atoms with Gasteiger partial charge in [-0.2, -0.15) is 0 Å². The Morgan fingerprint density at radius 1 is 1.24 bits per heavy atom. The monoisotopic (exact) mass is 401 g/mol. The third kappa shape index (κ3) is 4.70. The van der Waals surface area contributed by atoms with Gasteiger partial charge in [0, 0.05) is 13.1 Å². The Kier molecular flexibility index (Phi) is 6.74. The van der Waals surface area contributed by atoms with Gasteiger partial charge in [-0.25, -0.2) is 14.8 Å². The molecule has 4 amide bonds. The van der Waals surface area contributed by atoms with E-state index in [0.717, 1.165) is 12.0 Å². The number of nitrogens with zero attached hydrogens (tertiary/aromatic N) is 3. The molecule has 2 atom stereocenters. The molecular formula is C21H31N5O3. The van der Waals surface area contributed by atoms with Crippen molar-refractivity contribution in [2.75, 3.05) is 19.6 Å². The summed E-state index contributed by atoms with van der Waals surface area (Å²) in [6.07, 6.45) is 0.867. The lowest BCUT2D eigenvalue weighted by atomic mass is 9.98. The van der Waals surface area contributed by atoms with Crippen LogP contribution >= 0.6 is 0 Å². The van der Waals surface area contributed by atoms with E-state index in [4.69, 9.17) is 0 Å².